The maximum absolute atomic E-state index is 12.6. The Morgan fingerprint density at radius 1 is 1.15 bits per heavy atom. The predicted molar refractivity (Wildman–Crippen MR) is 91.5 cm³/mol. The summed E-state index contributed by atoms with van der Waals surface area (Å²) in [5.74, 6) is -1.18. The second-order valence-corrected chi connectivity index (χ2v) is 7.92. The standard InChI is InChI=1S/C15H14ClN3O6S/c16-11-2-1-3-12(10-11)26(23,24)18-8-6-17(7-9-18)15(20)13-4-5-14(25-13)19(21)22/h1-5,10H,6-9H2. The molecule has 26 heavy (non-hydrogen) atoms. The van der Waals surface area contributed by atoms with Gasteiger partial charge in [-0.25, -0.2) is 8.42 Å². The summed E-state index contributed by atoms with van der Waals surface area (Å²) >= 11 is 5.85. The zero-order valence-corrected chi connectivity index (χ0v) is 14.9. The Bertz CT molecular complexity index is 950. The number of furan rings is 1. The molecule has 2 aromatic rings. The largest absolute Gasteiger partial charge is 0.433 e. The van der Waals surface area contributed by atoms with Crippen LogP contribution in [0.1, 0.15) is 10.6 Å². The summed E-state index contributed by atoms with van der Waals surface area (Å²) in [7, 11) is -3.71. The quantitative estimate of drug-likeness (QED) is 0.573. The third kappa shape index (κ3) is 3.57. The molecular weight excluding hydrogens is 386 g/mol. The molecule has 1 aliphatic heterocycles. The molecule has 0 spiro atoms. The lowest BCUT2D eigenvalue weighted by atomic mass is 10.3. The fraction of sp³-hybridized carbons (Fsp3) is 0.267. The first-order valence-electron chi connectivity index (χ1n) is 7.58. The van der Waals surface area contributed by atoms with Crippen LogP contribution in [0.2, 0.25) is 5.02 Å². The van der Waals surface area contributed by atoms with E-state index in [2.05, 4.69) is 0 Å². The van der Waals surface area contributed by atoms with Crippen LogP contribution in [0.15, 0.2) is 45.7 Å². The lowest BCUT2D eigenvalue weighted by molar-refractivity contribution is -0.402. The van der Waals surface area contributed by atoms with Gasteiger partial charge in [0.15, 0.2) is 5.76 Å². The van der Waals surface area contributed by atoms with Crippen molar-refractivity contribution in [1.29, 1.82) is 0 Å². The summed E-state index contributed by atoms with van der Waals surface area (Å²) in [5.41, 5.74) is 0. The Hall–Kier alpha value is -2.43. The second-order valence-electron chi connectivity index (χ2n) is 5.55. The minimum Gasteiger partial charge on any atom is -0.395 e. The lowest BCUT2D eigenvalue weighted by Crippen LogP contribution is -2.50. The van der Waals surface area contributed by atoms with Crippen LogP contribution in [0.25, 0.3) is 0 Å². The number of carbonyl (C=O) groups excluding carboxylic acids is 1. The molecule has 9 nitrogen and oxygen atoms in total. The van der Waals surface area contributed by atoms with Gasteiger partial charge in [-0.3, -0.25) is 14.9 Å². The van der Waals surface area contributed by atoms with E-state index < -0.39 is 26.7 Å². The summed E-state index contributed by atoms with van der Waals surface area (Å²) in [6.07, 6.45) is 0. The van der Waals surface area contributed by atoms with Crippen molar-refractivity contribution < 1.29 is 22.6 Å². The molecular formula is C15H14ClN3O6S. The van der Waals surface area contributed by atoms with E-state index in [1.165, 1.54) is 27.4 Å². The molecule has 1 aromatic carbocycles. The minimum absolute atomic E-state index is 0.0893. The number of rotatable bonds is 4. The number of sulfonamides is 1. The maximum atomic E-state index is 12.6. The van der Waals surface area contributed by atoms with Gasteiger partial charge in [-0.15, -0.1) is 0 Å². The molecule has 0 bridgehead atoms. The molecule has 1 saturated heterocycles. The number of nitrogens with zero attached hydrogens (tertiary/aromatic N) is 3. The van der Waals surface area contributed by atoms with Gasteiger partial charge in [0.05, 0.1) is 11.0 Å². The monoisotopic (exact) mass is 399 g/mol. The van der Waals surface area contributed by atoms with E-state index in [0.717, 1.165) is 6.07 Å². The van der Waals surface area contributed by atoms with Crippen LogP contribution in [0.3, 0.4) is 0 Å². The van der Waals surface area contributed by atoms with Crippen LogP contribution in [0.5, 0.6) is 0 Å². The van der Waals surface area contributed by atoms with E-state index in [-0.39, 0.29) is 36.8 Å². The van der Waals surface area contributed by atoms with Crippen molar-refractivity contribution in [2.24, 2.45) is 0 Å². The van der Waals surface area contributed by atoms with Crippen LogP contribution in [0, 0.1) is 10.1 Å². The zero-order chi connectivity index (χ0) is 18.9. The van der Waals surface area contributed by atoms with E-state index in [4.69, 9.17) is 16.0 Å². The molecule has 3 rings (SSSR count). The Kier molecular flexibility index (Phi) is 4.99. The van der Waals surface area contributed by atoms with Gasteiger partial charge < -0.3 is 9.32 Å². The fourth-order valence-corrected chi connectivity index (χ4v) is 4.33. The molecule has 1 fully saturated rings. The average molecular weight is 400 g/mol. The average Bonchev–Trinajstić information content (AvgIpc) is 3.11. The first kappa shape index (κ1) is 18.4. The number of piperazine rings is 1. The molecule has 0 unspecified atom stereocenters. The lowest BCUT2D eigenvalue weighted by Gasteiger charge is -2.33. The van der Waals surface area contributed by atoms with Gasteiger partial charge in [0, 0.05) is 31.2 Å². The molecule has 0 radical (unpaired) electrons. The van der Waals surface area contributed by atoms with Crippen LogP contribution in [0.4, 0.5) is 5.88 Å². The van der Waals surface area contributed by atoms with Crippen molar-refractivity contribution in [1.82, 2.24) is 9.21 Å². The molecule has 0 aliphatic carbocycles. The Labute approximate surface area is 153 Å². The first-order chi connectivity index (χ1) is 12.3. The number of amides is 1. The van der Waals surface area contributed by atoms with Crippen LogP contribution < -0.4 is 0 Å². The summed E-state index contributed by atoms with van der Waals surface area (Å²) in [5, 5.41) is 10.9. The molecule has 1 aliphatic rings. The fourth-order valence-electron chi connectivity index (χ4n) is 2.60. The van der Waals surface area contributed by atoms with E-state index in [1.807, 2.05) is 0 Å². The number of nitro groups is 1. The topological polar surface area (TPSA) is 114 Å². The molecule has 1 amide bonds. The molecule has 138 valence electrons. The van der Waals surface area contributed by atoms with Crippen LogP contribution >= 0.6 is 11.6 Å². The maximum Gasteiger partial charge on any atom is 0.433 e. The molecule has 0 atom stereocenters. The van der Waals surface area contributed by atoms with Gasteiger partial charge in [-0.1, -0.05) is 17.7 Å². The number of carbonyl (C=O) groups is 1. The van der Waals surface area contributed by atoms with Crippen LogP contribution in [-0.2, 0) is 10.0 Å². The highest BCUT2D eigenvalue weighted by atomic mass is 35.5. The minimum atomic E-state index is -3.71. The van der Waals surface area contributed by atoms with Gasteiger partial charge >= 0.3 is 5.88 Å². The van der Waals surface area contributed by atoms with Crippen molar-refractivity contribution in [2.75, 3.05) is 26.2 Å². The van der Waals surface area contributed by atoms with Gasteiger partial charge in [0.2, 0.25) is 10.0 Å². The second kappa shape index (κ2) is 7.06. The SMILES string of the molecule is O=C(c1ccc([N+](=O)[O-])o1)N1CCN(S(=O)(=O)c2cccc(Cl)c2)CC1. The molecule has 2 heterocycles. The van der Waals surface area contributed by atoms with Crippen molar-refractivity contribution in [3.63, 3.8) is 0 Å². The van der Waals surface area contributed by atoms with E-state index >= 15 is 0 Å². The van der Waals surface area contributed by atoms with Gasteiger partial charge in [-0.2, -0.15) is 4.31 Å². The van der Waals surface area contributed by atoms with Gasteiger partial charge in [0.25, 0.3) is 5.91 Å². The van der Waals surface area contributed by atoms with Gasteiger partial charge in [-0.05, 0) is 24.3 Å². The van der Waals surface area contributed by atoms with E-state index in [1.54, 1.807) is 12.1 Å². The number of benzene rings is 1. The summed E-state index contributed by atoms with van der Waals surface area (Å²) in [6.45, 7) is 0.493. The highest BCUT2D eigenvalue weighted by molar-refractivity contribution is 7.89. The summed E-state index contributed by atoms with van der Waals surface area (Å²) in [6, 6.07) is 8.30. The Morgan fingerprint density at radius 2 is 1.85 bits per heavy atom. The number of hydrogen-bond acceptors (Lipinski definition) is 6. The van der Waals surface area contributed by atoms with Crippen molar-refractivity contribution in [3.05, 3.63) is 57.3 Å². The van der Waals surface area contributed by atoms with Gasteiger partial charge in [0.1, 0.15) is 4.92 Å². The summed E-state index contributed by atoms with van der Waals surface area (Å²) < 4.78 is 31.4. The van der Waals surface area contributed by atoms with Crippen molar-refractivity contribution in [3.8, 4) is 0 Å². The third-order valence-electron chi connectivity index (χ3n) is 3.94. The van der Waals surface area contributed by atoms with Crippen LogP contribution in [-0.4, -0.2) is 54.6 Å². The molecule has 11 heteroatoms. The Balaban J connectivity index is 1.68. The number of hydrogen-bond donors (Lipinski definition) is 0. The van der Waals surface area contributed by atoms with E-state index in [0.29, 0.717) is 5.02 Å². The zero-order valence-electron chi connectivity index (χ0n) is 13.4. The third-order valence-corrected chi connectivity index (χ3v) is 6.07. The van der Waals surface area contributed by atoms with E-state index in [9.17, 15) is 23.3 Å². The highest BCUT2D eigenvalue weighted by Crippen LogP contribution is 2.22. The highest BCUT2D eigenvalue weighted by Gasteiger charge is 2.31. The number of halogens is 1. The summed E-state index contributed by atoms with van der Waals surface area (Å²) in [4.78, 5) is 23.7. The Morgan fingerprint density at radius 3 is 2.42 bits per heavy atom. The predicted octanol–water partition coefficient (Wildman–Crippen LogP) is 1.99. The van der Waals surface area contributed by atoms with Crippen molar-refractivity contribution >= 4 is 33.4 Å². The smallest absolute Gasteiger partial charge is 0.395 e. The van der Waals surface area contributed by atoms with Crippen molar-refractivity contribution in [2.45, 2.75) is 4.90 Å². The normalized spacial score (nSPS) is 15.8. The molecule has 0 N–H and O–H groups in total. The molecule has 1 aromatic heterocycles. The molecule has 0 saturated carbocycles. The first-order valence-corrected chi connectivity index (χ1v) is 9.40.